The number of para-hydroxylation sites is 1. The minimum absolute atomic E-state index is 0.148. The number of benzene rings is 4. The maximum absolute atomic E-state index is 14.1. The predicted octanol–water partition coefficient (Wildman–Crippen LogP) is 6.38. The summed E-state index contributed by atoms with van der Waals surface area (Å²) in [4.78, 5) is 27.5. The first-order chi connectivity index (χ1) is 17.4. The van der Waals surface area contributed by atoms with Gasteiger partial charge < -0.3 is 9.84 Å². The first-order valence-corrected chi connectivity index (χ1v) is 11.1. The third kappa shape index (κ3) is 4.34. The molecular formula is C29H19F2NO4. The van der Waals surface area contributed by atoms with Crippen molar-refractivity contribution in [3.05, 3.63) is 131 Å². The number of hydrogen-bond donors (Lipinski definition) is 1. The Morgan fingerprint density at radius 2 is 1.44 bits per heavy atom. The number of ketones is 1. The number of carbonyl (C=O) groups excluding carboxylic acids is 2. The van der Waals surface area contributed by atoms with Crippen LogP contribution >= 0.6 is 0 Å². The maximum atomic E-state index is 14.1. The van der Waals surface area contributed by atoms with Crippen molar-refractivity contribution in [2.75, 3.05) is 4.90 Å². The van der Waals surface area contributed by atoms with E-state index >= 15 is 0 Å². The fourth-order valence-corrected chi connectivity index (χ4v) is 4.18. The minimum atomic E-state index is -1.09. The van der Waals surface area contributed by atoms with Crippen molar-refractivity contribution < 1.29 is 28.2 Å². The molecule has 1 N–H and O–H groups in total. The lowest BCUT2D eigenvalue weighted by Gasteiger charge is -2.25. The molecule has 4 aromatic rings. The van der Waals surface area contributed by atoms with E-state index in [1.54, 1.807) is 36.4 Å². The standard InChI is InChI=1S/C29H19F2NO4/c30-20-14-12-18(13-15-20)27(33)25-26(32(29(35)28(25)34)22-8-5-7-21(31)17-22)19-6-4-11-24(16-19)36-23-9-2-1-3-10-23/h1-17,26,33H/b27-25+. The molecule has 178 valence electrons. The number of rotatable bonds is 5. The third-order valence-corrected chi connectivity index (χ3v) is 5.80. The van der Waals surface area contributed by atoms with Crippen LogP contribution in [0, 0.1) is 11.6 Å². The van der Waals surface area contributed by atoms with Crippen molar-refractivity contribution >= 4 is 23.1 Å². The molecule has 1 saturated heterocycles. The van der Waals surface area contributed by atoms with E-state index < -0.39 is 35.1 Å². The van der Waals surface area contributed by atoms with Crippen LogP contribution in [0.15, 0.2) is 109 Å². The van der Waals surface area contributed by atoms with Gasteiger partial charge in [0.05, 0.1) is 11.6 Å². The summed E-state index contributed by atoms with van der Waals surface area (Å²) < 4.78 is 33.5. The van der Waals surface area contributed by atoms with Crippen LogP contribution in [-0.2, 0) is 9.59 Å². The van der Waals surface area contributed by atoms with Crippen molar-refractivity contribution in [1.82, 2.24) is 0 Å². The smallest absolute Gasteiger partial charge is 0.300 e. The van der Waals surface area contributed by atoms with Crippen LogP contribution in [0.4, 0.5) is 14.5 Å². The van der Waals surface area contributed by atoms with Gasteiger partial charge in [0, 0.05) is 11.3 Å². The van der Waals surface area contributed by atoms with Gasteiger partial charge in [-0.2, -0.15) is 0 Å². The van der Waals surface area contributed by atoms with Crippen molar-refractivity contribution in [2.24, 2.45) is 0 Å². The van der Waals surface area contributed by atoms with Gasteiger partial charge in [0.25, 0.3) is 11.7 Å². The average Bonchev–Trinajstić information content (AvgIpc) is 3.15. The van der Waals surface area contributed by atoms with Crippen molar-refractivity contribution in [2.45, 2.75) is 6.04 Å². The number of aliphatic hydroxyl groups is 1. The fourth-order valence-electron chi connectivity index (χ4n) is 4.18. The minimum Gasteiger partial charge on any atom is -0.507 e. The number of ether oxygens (including phenoxy) is 1. The lowest BCUT2D eigenvalue weighted by Crippen LogP contribution is -2.29. The molecule has 1 aliphatic rings. The summed E-state index contributed by atoms with van der Waals surface area (Å²) in [5.74, 6) is -2.43. The normalized spacial score (nSPS) is 16.8. The van der Waals surface area contributed by atoms with Crippen LogP contribution in [0.5, 0.6) is 11.5 Å². The Bertz CT molecular complexity index is 1480. The molecule has 1 unspecified atom stereocenters. The van der Waals surface area contributed by atoms with Crippen molar-refractivity contribution in [3.63, 3.8) is 0 Å². The summed E-state index contributed by atoms with van der Waals surface area (Å²) in [5.41, 5.74) is 0.563. The molecular weight excluding hydrogens is 464 g/mol. The Morgan fingerprint density at radius 1 is 0.750 bits per heavy atom. The molecule has 1 heterocycles. The molecule has 0 radical (unpaired) electrons. The number of anilines is 1. The third-order valence-electron chi connectivity index (χ3n) is 5.80. The van der Waals surface area contributed by atoms with E-state index in [1.165, 1.54) is 30.3 Å². The Morgan fingerprint density at radius 3 is 2.17 bits per heavy atom. The monoisotopic (exact) mass is 483 g/mol. The Kier molecular flexibility index (Phi) is 6.04. The summed E-state index contributed by atoms with van der Waals surface area (Å²) in [7, 11) is 0. The average molecular weight is 483 g/mol. The number of carbonyl (C=O) groups is 2. The second kappa shape index (κ2) is 9.46. The van der Waals surface area contributed by atoms with Crippen LogP contribution in [-0.4, -0.2) is 16.8 Å². The lowest BCUT2D eigenvalue weighted by atomic mass is 9.95. The number of aliphatic hydroxyl groups excluding tert-OH is 1. The second-order valence-corrected chi connectivity index (χ2v) is 8.14. The summed E-state index contributed by atoms with van der Waals surface area (Å²) in [6.45, 7) is 0. The Labute approximate surface area is 205 Å². The van der Waals surface area contributed by atoms with E-state index in [1.807, 2.05) is 18.2 Å². The van der Waals surface area contributed by atoms with E-state index in [2.05, 4.69) is 0 Å². The molecule has 36 heavy (non-hydrogen) atoms. The SMILES string of the molecule is O=C1C(=O)N(c2cccc(F)c2)C(c2cccc(Oc3ccccc3)c2)/C1=C(\O)c1ccc(F)cc1. The molecule has 5 nitrogen and oxygen atoms in total. The number of Topliss-reactive ketones (excluding diaryl/α,β-unsaturated/α-hetero) is 1. The van der Waals surface area contributed by atoms with Gasteiger partial charge >= 0.3 is 0 Å². The zero-order valence-corrected chi connectivity index (χ0v) is 18.8. The van der Waals surface area contributed by atoms with Gasteiger partial charge in [-0.15, -0.1) is 0 Å². The zero-order valence-electron chi connectivity index (χ0n) is 18.8. The summed E-state index contributed by atoms with van der Waals surface area (Å²) in [5, 5.41) is 11.1. The van der Waals surface area contributed by atoms with Crippen LogP contribution in [0.25, 0.3) is 5.76 Å². The van der Waals surface area contributed by atoms with E-state index in [9.17, 15) is 23.5 Å². The Balaban J connectivity index is 1.67. The van der Waals surface area contributed by atoms with Gasteiger partial charge in [-0.1, -0.05) is 36.4 Å². The van der Waals surface area contributed by atoms with E-state index in [0.717, 1.165) is 23.1 Å². The van der Waals surface area contributed by atoms with Crippen LogP contribution in [0.2, 0.25) is 0 Å². The highest BCUT2D eigenvalue weighted by Crippen LogP contribution is 2.43. The van der Waals surface area contributed by atoms with Gasteiger partial charge in [0.15, 0.2) is 0 Å². The van der Waals surface area contributed by atoms with E-state index in [0.29, 0.717) is 17.1 Å². The summed E-state index contributed by atoms with van der Waals surface area (Å²) in [6.07, 6.45) is 0. The predicted molar refractivity (Wildman–Crippen MR) is 131 cm³/mol. The molecule has 1 amide bonds. The molecule has 0 aliphatic carbocycles. The first kappa shape index (κ1) is 23.0. The molecule has 0 spiro atoms. The molecule has 0 saturated carbocycles. The molecule has 7 heteroatoms. The van der Waals surface area contributed by atoms with Gasteiger partial charge in [-0.05, 0) is 72.3 Å². The van der Waals surface area contributed by atoms with Crippen molar-refractivity contribution in [3.8, 4) is 11.5 Å². The summed E-state index contributed by atoms with van der Waals surface area (Å²) >= 11 is 0. The first-order valence-electron chi connectivity index (χ1n) is 11.1. The highest BCUT2D eigenvalue weighted by Gasteiger charge is 2.47. The quantitative estimate of drug-likeness (QED) is 0.203. The molecule has 0 aromatic heterocycles. The van der Waals surface area contributed by atoms with Crippen LogP contribution in [0.3, 0.4) is 0 Å². The number of halogens is 2. The van der Waals surface area contributed by atoms with E-state index in [4.69, 9.17) is 4.74 Å². The number of nitrogens with zero attached hydrogens (tertiary/aromatic N) is 1. The van der Waals surface area contributed by atoms with Crippen molar-refractivity contribution in [1.29, 1.82) is 0 Å². The molecule has 4 aromatic carbocycles. The van der Waals surface area contributed by atoms with Gasteiger partial charge in [-0.25, -0.2) is 8.78 Å². The largest absolute Gasteiger partial charge is 0.507 e. The number of amides is 1. The van der Waals surface area contributed by atoms with Crippen LogP contribution in [0.1, 0.15) is 17.2 Å². The maximum Gasteiger partial charge on any atom is 0.300 e. The molecule has 1 atom stereocenters. The lowest BCUT2D eigenvalue weighted by molar-refractivity contribution is -0.132. The summed E-state index contributed by atoms with van der Waals surface area (Å²) in [6, 6.07) is 24.9. The topological polar surface area (TPSA) is 66.8 Å². The molecule has 5 rings (SSSR count). The second-order valence-electron chi connectivity index (χ2n) is 8.14. The molecule has 0 bridgehead atoms. The highest BCUT2D eigenvalue weighted by atomic mass is 19.1. The number of hydrogen-bond acceptors (Lipinski definition) is 4. The zero-order chi connectivity index (χ0) is 25.2. The highest BCUT2D eigenvalue weighted by molar-refractivity contribution is 6.51. The molecule has 1 aliphatic heterocycles. The van der Waals surface area contributed by atoms with E-state index in [-0.39, 0.29) is 16.8 Å². The molecule has 1 fully saturated rings. The van der Waals surface area contributed by atoms with Gasteiger partial charge in [0.2, 0.25) is 0 Å². The fraction of sp³-hybridized carbons (Fsp3) is 0.0345. The van der Waals surface area contributed by atoms with Gasteiger partial charge in [0.1, 0.15) is 28.9 Å². The van der Waals surface area contributed by atoms with Gasteiger partial charge in [-0.3, -0.25) is 14.5 Å². The van der Waals surface area contributed by atoms with Crippen LogP contribution < -0.4 is 9.64 Å². The Hall–Kier alpha value is -4.78.